The lowest BCUT2D eigenvalue weighted by Gasteiger charge is -2.01. The second-order valence-corrected chi connectivity index (χ2v) is 1.73. The third-order valence-electron chi connectivity index (χ3n) is 0.809. The van der Waals surface area contributed by atoms with Crippen LogP contribution < -0.4 is 0 Å². The Morgan fingerprint density at radius 3 is 1.73 bits per heavy atom. The molecule has 0 aliphatic carbocycles. The Kier molecular flexibility index (Phi) is 4.97. The van der Waals surface area contributed by atoms with Gasteiger partial charge in [-0.1, -0.05) is 0 Å². The van der Waals surface area contributed by atoms with E-state index in [-0.39, 0.29) is 0 Å². The summed E-state index contributed by atoms with van der Waals surface area (Å²) in [5, 5.41) is 15.8. The van der Waals surface area contributed by atoms with Crippen molar-refractivity contribution in [3.05, 3.63) is 0 Å². The molecule has 2 atom stereocenters. The average Bonchev–Trinajstić information content (AvgIpc) is 2.04. The highest BCUT2D eigenvalue weighted by Crippen LogP contribution is 1.93. The second kappa shape index (κ2) is 5.57. The highest BCUT2D eigenvalue weighted by atomic mass is 19.1. The molecule has 0 radical (unpaired) electrons. The first kappa shape index (κ1) is 9.80. The molecule has 5 heteroatoms. The fourth-order valence-corrected chi connectivity index (χ4v) is 0.350. The lowest BCUT2D eigenvalue weighted by Crippen LogP contribution is -2.14. The van der Waals surface area contributed by atoms with Crippen LogP contribution in [0.5, 0.6) is 0 Å². The zero-order valence-corrected chi connectivity index (χ0v) is 5.63. The van der Waals surface area contributed by atoms with Gasteiger partial charge in [0.2, 0.25) is 12.3 Å². The van der Waals surface area contributed by atoms with Gasteiger partial charge in [0, 0.05) is 0 Å². The summed E-state index contributed by atoms with van der Waals surface area (Å²) in [7, 11) is 0. The van der Waals surface area contributed by atoms with E-state index in [1.165, 1.54) is 12.1 Å². The van der Waals surface area contributed by atoms with Crippen molar-refractivity contribution in [2.24, 2.45) is 0 Å². The van der Waals surface area contributed by atoms with Crippen LogP contribution in [0.2, 0.25) is 0 Å². The summed E-state index contributed by atoms with van der Waals surface area (Å²) in [4.78, 5) is 0. The standard InChI is InChI=1S/C6H6F2N2O/c7-5(1-9)3-11-4-6(8)2-10/h5-6H,3-4H2. The van der Waals surface area contributed by atoms with Crippen molar-refractivity contribution in [3.8, 4) is 12.1 Å². The predicted molar refractivity (Wildman–Crippen MR) is 31.8 cm³/mol. The van der Waals surface area contributed by atoms with Gasteiger partial charge in [0.25, 0.3) is 0 Å². The van der Waals surface area contributed by atoms with Crippen LogP contribution in [0.25, 0.3) is 0 Å². The molecule has 0 fully saturated rings. The van der Waals surface area contributed by atoms with E-state index in [9.17, 15) is 8.78 Å². The van der Waals surface area contributed by atoms with Gasteiger partial charge in [0.1, 0.15) is 12.1 Å². The van der Waals surface area contributed by atoms with Gasteiger partial charge in [0.15, 0.2) is 0 Å². The number of hydrogen-bond acceptors (Lipinski definition) is 3. The van der Waals surface area contributed by atoms with E-state index in [1.54, 1.807) is 0 Å². The Morgan fingerprint density at radius 2 is 1.45 bits per heavy atom. The van der Waals surface area contributed by atoms with Gasteiger partial charge in [-0.05, 0) is 0 Å². The molecule has 0 bridgehead atoms. The molecule has 0 aromatic carbocycles. The van der Waals surface area contributed by atoms with Crippen molar-refractivity contribution >= 4 is 0 Å². The van der Waals surface area contributed by atoms with Gasteiger partial charge >= 0.3 is 0 Å². The largest absolute Gasteiger partial charge is 0.373 e. The van der Waals surface area contributed by atoms with Crippen LogP contribution in [0, 0.1) is 22.7 Å². The van der Waals surface area contributed by atoms with E-state index in [4.69, 9.17) is 10.5 Å². The fraction of sp³-hybridized carbons (Fsp3) is 0.667. The number of nitrogens with zero attached hydrogens (tertiary/aromatic N) is 2. The van der Waals surface area contributed by atoms with E-state index >= 15 is 0 Å². The van der Waals surface area contributed by atoms with Crippen molar-refractivity contribution < 1.29 is 13.5 Å². The predicted octanol–water partition coefficient (Wildman–Crippen LogP) is 0.726. The minimum absolute atomic E-state index is 0.487. The normalized spacial score (nSPS) is 14.5. The van der Waals surface area contributed by atoms with Gasteiger partial charge < -0.3 is 4.74 Å². The molecule has 0 aliphatic rings. The van der Waals surface area contributed by atoms with Crippen LogP contribution in [0.4, 0.5) is 8.78 Å². The summed E-state index contributed by atoms with van der Waals surface area (Å²) in [6, 6.07) is 2.52. The Hall–Kier alpha value is -1.20. The van der Waals surface area contributed by atoms with Gasteiger partial charge in [0.05, 0.1) is 13.2 Å². The zero-order chi connectivity index (χ0) is 8.69. The molecule has 0 spiro atoms. The number of nitriles is 2. The van der Waals surface area contributed by atoms with Gasteiger partial charge in [-0.25, -0.2) is 8.78 Å². The number of rotatable bonds is 4. The molecule has 0 heterocycles. The Balaban J connectivity index is 3.30. The number of ether oxygens (including phenoxy) is 1. The molecular weight excluding hydrogens is 154 g/mol. The maximum absolute atomic E-state index is 12.0. The van der Waals surface area contributed by atoms with Gasteiger partial charge in [-0.15, -0.1) is 0 Å². The molecule has 0 saturated carbocycles. The minimum atomic E-state index is -1.75. The maximum Gasteiger partial charge on any atom is 0.209 e. The van der Waals surface area contributed by atoms with Crippen molar-refractivity contribution in [1.29, 1.82) is 10.5 Å². The highest BCUT2D eigenvalue weighted by Gasteiger charge is 2.07. The molecule has 11 heavy (non-hydrogen) atoms. The van der Waals surface area contributed by atoms with E-state index in [0.29, 0.717) is 0 Å². The van der Waals surface area contributed by atoms with Crippen molar-refractivity contribution in [2.45, 2.75) is 12.3 Å². The first-order valence-corrected chi connectivity index (χ1v) is 2.85. The smallest absolute Gasteiger partial charge is 0.209 e. The molecule has 0 aromatic rings. The van der Waals surface area contributed by atoms with Crippen LogP contribution in [0.1, 0.15) is 0 Å². The van der Waals surface area contributed by atoms with Gasteiger partial charge in [-0.3, -0.25) is 0 Å². The van der Waals surface area contributed by atoms with Crippen LogP contribution in [-0.2, 0) is 4.74 Å². The lowest BCUT2D eigenvalue weighted by molar-refractivity contribution is 0.0729. The number of halogens is 2. The molecular formula is C6H6F2N2O. The van der Waals surface area contributed by atoms with Crippen molar-refractivity contribution in [2.75, 3.05) is 13.2 Å². The molecule has 0 rings (SSSR count). The summed E-state index contributed by atoms with van der Waals surface area (Å²) in [6.45, 7) is -0.975. The van der Waals surface area contributed by atoms with E-state index in [0.717, 1.165) is 0 Å². The Labute approximate surface area is 62.8 Å². The number of alkyl halides is 2. The summed E-state index contributed by atoms with van der Waals surface area (Å²) in [5.74, 6) is 0. The zero-order valence-electron chi connectivity index (χ0n) is 5.63. The second-order valence-electron chi connectivity index (χ2n) is 1.73. The van der Waals surface area contributed by atoms with Crippen molar-refractivity contribution in [3.63, 3.8) is 0 Å². The molecule has 0 aliphatic heterocycles. The quantitative estimate of drug-likeness (QED) is 0.609. The lowest BCUT2D eigenvalue weighted by atomic mass is 10.4. The third-order valence-corrected chi connectivity index (χ3v) is 0.809. The van der Waals surface area contributed by atoms with Crippen molar-refractivity contribution in [1.82, 2.24) is 0 Å². The topological polar surface area (TPSA) is 56.8 Å². The summed E-state index contributed by atoms with van der Waals surface area (Å²) >= 11 is 0. The molecule has 60 valence electrons. The first-order chi connectivity index (χ1) is 5.20. The summed E-state index contributed by atoms with van der Waals surface area (Å²) in [6.07, 6.45) is -3.50. The summed E-state index contributed by atoms with van der Waals surface area (Å²) < 4.78 is 28.3. The van der Waals surface area contributed by atoms with E-state index in [1.807, 2.05) is 0 Å². The SMILES string of the molecule is N#CC(F)COCC(F)C#N. The number of hydrogen-bond donors (Lipinski definition) is 0. The van der Waals surface area contributed by atoms with Crippen LogP contribution >= 0.6 is 0 Å². The van der Waals surface area contributed by atoms with Gasteiger partial charge in [-0.2, -0.15) is 10.5 Å². The summed E-state index contributed by atoms with van der Waals surface area (Å²) in [5.41, 5.74) is 0. The van der Waals surface area contributed by atoms with E-state index < -0.39 is 25.6 Å². The molecule has 3 nitrogen and oxygen atoms in total. The fourth-order valence-electron chi connectivity index (χ4n) is 0.350. The minimum Gasteiger partial charge on any atom is -0.373 e. The highest BCUT2D eigenvalue weighted by molar-refractivity contribution is 4.84. The van der Waals surface area contributed by atoms with Crippen LogP contribution in [0.3, 0.4) is 0 Å². The Morgan fingerprint density at radius 1 is 1.09 bits per heavy atom. The van der Waals surface area contributed by atoms with Crippen LogP contribution in [0.15, 0.2) is 0 Å². The van der Waals surface area contributed by atoms with Crippen LogP contribution in [-0.4, -0.2) is 25.6 Å². The first-order valence-electron chi connectivity index (χ1n) is 2.85. The molecule has 2 unspecified atom stereocenters. The molecule has 0 N–H and O–H groups in total. The molecule has 0 aromatic heterocycles. The van der Waals surface area contributed by atoms with E-state index in [2.05, 4.69) is 4.74 Å². The molecule has 0 saturated heterocycles. The third kappa shape index (κ3) is 5.25. The monoisotopic (exact) mass is 160 g/mol. The molecule has 0 amide bonds. The Bertz CT molecular complexity index is 164. The average molecular weight is 160 g/mol. The maximum atomic E-state index is 12.0.